The summed E-state index contributed by atoms with van der Waals surface area (Å²) in [4.78, 5) is 1.45. The van der Waals surface area contributed by atoms with Crippen molar-refractivity contribution in [2.75, 3.05) is 0 Å². The summed E-state index contributed by atoms with van der Waals surface area (Å²) in [7, 11) is 0. The van der Waals surface area contributed by atoms with Crippen molar-refractivity contribution in [1.82, 2.24) is 5.32 Å². The summed E-state index contributed by atoms with van der Waals surface area (Å²) < 4.78 is 15.9. The highest BCUT2D eigenvalue weighted by atomic mass is 79.9. The molecule has 1 N–H and O–H groups in total. The molecule has 1 aromatic heterocycles. The molecule has 1 nitrogen and oxygen atoms in total. The summed E-state index contributed by atoms with van der Waals surface area (Å²) >= 11 is 8.77. The maximum absolute atomic E-state index is 13.8. The first-order chi connectivity index (χ1) is 9.63. The van der Waals surface area contributed by atoms with Gasteiger partial charge in [0.1, 0.15) is 5.82 Å². The molecule has 5 heteroatoms. The molecular weight excluding hydrogens is 405 g/mol. The van der Waals surface area contributed by atoms with E-state index < -0.39 is 0 Å². The number of aryl methyl sites for hydroxylation is 1. The van der Waals surface area contributed by atoms with Crippen LogP contribution in [-0.2, 0) is 13.0 Å². The summed E-state index contributed by atoms with van der Waals surface area (Å²) in [5.74, 6) is -0.150. The normalized spacial score (nSPS) is 18.1. The summed E-state index contributed by atoms with van der Waals surface area (Å²) in [5, 5.41) is 3.50. The zero-order valence-corrected chi connectivity index (χ0v) is 14.7. The van der Waals surface area contributed by atoms with Gasteiger partial charge in [-0.2, -0.15) is 0 Å². The van der Waals surface area contributed by atoms with Gasteiger partial charge in [0.15, 0.2) is 0 Å². The third-order valence-electron chi connectivity index (χ3n) is 3.63. The lowest BCUT2D eigenvalue weighted by Crippen LogP contribution is -2.24. The molecule has 1 heterocycles. The SMILES string of the molecule is Fc1ccc(Br)cc1CNC1CCCc2sc(Br)cc21. The van der Waals surface area contributed by atoms with E-state index in [1.165, 1.54) is 26.7 Å². The van der Waals surface area contributed by atoms with Crippen molar-refractivity contribution >= 4 is 43.2 Å². The molecule has 0 radical (unpaired) electrons. The van der Waals surface area contributed by atoms with Crippen molar-refractivity contribution in [2.45, 2.75) is 31.8 Å². The molecule has 0 amide bonds. The van der Waals surface area contributed by atoms with Crippen molar-refractivity contribution in [3.05, 3.63) is 54.3 Å². The maximum atomic E-state index is 13.8. The number of hydrogen-bond acceptors (Lipinski definition) is 2. The molecule has 0 spiro atoms. The second-order valence-electron chi connectivity index (χ2n) is 4.99. The van der Waals surface area contributed by atoms with Gasteiger partial charge in [-0.15, -0.1) is 11.3 Å². The Balaban J connectivity index is 1.74. The van der Waals surface area contributed by atoms with Crippen LogP contribution in [-0.4, -0.2) is 0 Å². The molecule has 3 rings (SSSR count). The van der Waals surface area contributed by atoms with E-state index in [9.17, 15) is 4.39 Å². The minimum absolute atomic E-state index is 0.150. The standard InChI is InChI=1S/C15H14Br2FNS/c16-10-4-5-12(18)9(6-10)8-19-13-2-1-3-14-11(13)7-15(17)20-14/h4-7,13,19H,1-3,8H2. The van der Waals surface area contributed by atoms with Gasteiger partial charge in [-0.3, -0.25) is 0 Å². The van der Waals surface area contributed by atoms with Crippen molar-refractivity contribution in [3.8, 4) is 0 Å². The molecule has 1 aromatic carbocycles. The first-order valence-corrected chi connectivity index (χ1v) is 8.99. The molecule has 0 saturated carbocycles. The molecule has 0 saturated heterocycles. The van der Waals surface area contributed by atoms with Gasteiger partial charge < -0.3 is 5.32 Å². The van der Waals surface area contributed by atoms with Gasteiger partial charge in [-0.25, -0.2) is 4.39 Å². The van der Waals surface area contributed by atoms with Gasteiger partial charge in [-0.1, -0.05) is 15.9 Å². The largest absolute Gasteiger partial charge is 0.306 e. The van der Waals surface area contributed by atoms with E-state index in [0.717, 1.165) is 17.3 Å². The Morgan fingerprint density at radius 1 is 1.30 bits per heavy atom. The van der Waals surface area contributed by atoms with Crippen LogP contribution in [0.1, 0.15) is 34.9 Å². The summed E-state index contributed by atoms with van der Waals surface area (Å²) in [5.41, 5.74) is 2.09. The smallest absolute Gasteiger partial charge is 0.127 e. The predicted octanol–water partition coefficient (Wildman–Crippen LogP) is 5.58. The maximum Gasteiger partial charge on any atom is 0.127 e. The minimum Gasteiger partial charge on any atom is -0.306 e. The number of fused-ring (bicyclic) bond motifs is 1. The van der Waals surface area contributed by atoms with Gasteiger partial charge in [-0.05, 0) is 65.0 Å². The number of thiophene rings is 1. The number of nitrogens with one attached hydrogen (secondary N) is 1. The molecule has 2 aromatic rings. The molecular formula is C15H14Br2FNS. The van der Waals surface area contributed by atoms with E-state index in [4.69, 9.17) is 0 Å². The van der Waals surface area contributed by atoms with Crippen molar-refractivity contribution in [3.63, 3.8) is 0 Å². The van der Waals surface area contributed by atoms with E-state index in [0.29, 0.717) is 18.2 Å². The Morgan fingerprint density at radius 3 is 3.00 bits per heavy atom. The molecule has 0 bridgehead atoms. The van der Waals surface area contributed by atoms with E-state index in [1.807, 2.05) is 17.4 Å². The highest BCUT2D eigenvalue weighted by molar-refractivity contribution is 9.11. The average molecular weight is 419 g/mol. The zero-order valence-electron chi connectivity index (χ0n) is 10.8. The molecule has 0 aliphatic heterocycles. The summed E-state index contributed by atoms with van der Waals surface area (Å²) in [6.45, 7) is 0.558. The topological polar surface area (TPSA) is 12.0 Å². The number of halogens is 3. The quantitative estimate of drug-likeness (QED) is 0.685. The second kappa shape index (κ2) is 6.26. The predicted molar refractivity (Wildman–Crippen MR) is 88.6 cm³/mol. The number of hydrogen-bond donors (Lipinski definition) is 1. The van der Waals surface area contributed by atoms with Crippen LogP contribution in [0, 0.1) is 5.82 Å². The van der Waals surface area contributed by atoms with Crippen LogP contribution < -0.4 is 5.32 Å². The molecule has 1 atom stereocenters. The van der Waals surface area contributed by atoms with Crippen LogP contribution in [0.3, 0.4) is 0 Å². The number of benzene rings is 1. The molecule has 0 fully saturated rings. The number of rotatable bonds is 3. The lowest BCUT2D eigenvalue weighted by atomic mass is 9.94. The summed E-state index contributed by atoms with van der Waals surface area (Å²) in [6, 6.07) is 7.62. The van der Waals surface area contributed by atoms with E-state index in [2.05, 4.69) is 43.2 Å². The third-order valence-corrected chi connectivity index (χ3v) is 5.84. The molecule has 1 aliphatic carbocycles. The van der Waals surface area contributed by atoms with Crippen molar-refractivity contribution < 1.29 is 4.39 Å². The third kappa shape index (κ3) is 3.16. The molecule has 1 unspecified atom stereocenters. The lowest BCUT2D eigenvalue weighted by Gasteiger charge is -2.24. The highest BCUT2D eigenvalue weighted by Gasteiger charge is 2.22. The minimum atomic E-state index is -0.150. The van der Waals surface area contributed by atoms with Crippen LogP contribution in [0.4, 0.5) is 4.39 Å². The summed E-state index contributed by atoms with van der Waals surface area (Å²) in [6.07, 6.45) is 3.47. The fraction of sp³-hybridized carbons (Fsp3) is 0.333. The van der Waals surface area contributed by atoms with Crippen LogP contribution >= 0.6 is 43.2 Å². The van der Waals surface area contributed by atoms with Gasteiger partial charge in [0.05, 0.1) is 3.79 Å². The average Bonchev–Trinajstić information content (AvgIpc) is 2.80. The lowest BCUT2D eigenvalue weighted by molar-refractivity contribution is 0.456. The first kappa shape index (κ1) is 14.7. The van der Waals surface area contributed by atoms with Gasteiger partial charge in [0, 0.05) is 27.5 Å². The van der Waals surface area contributed by atoms with Crippen molar-refractivity contribution in [1.29, 1.82) is 0 Å². The van der Waals surface area contributed by atoms with Crippen LogP contribution in [0.5, 0.6) is 0 Å². The van der Waals surface area contributed by atoms with Crippen molar-refractivity contribution in [2.24, 2.45) is 0 Å². The Kier molecular flexibility index (Phi) is 4.60. The van der Waals surface area contributed by atoms with E-state index in [-0.39, 0.29) is 5.82 Å². The van der Waals surface area contributed by atoms with Gasteiger partial charge in [0.2, 0.25) is 0 Å². The van der Waals surface area contributed by atoms with E-state index >= 15 is 0 Å². The Morgan fingerprint density at radius 2 is 2.15 bits per heavy atom. The first-order valence-electron chi connectivity index (χ1n) is 6.59. The van der Waals surface area contributed by atoms with Crippen LogP contribution in [0.15, 0.2) is 32.5 Å². The molecule has 106 valence electrons. The molecule has 1 aliphatic rings. The fourth-order valence-electron chi connectivity index (χ4n) is 2.65. The van der Waals surface area contributed by atoms with Crippen LogP contribution in [0.25, 0.3) is 0 Å². The Hall–Kier alpha value is -0.230. The van der Waals surface area contributed by atoms with Crippen LogP contribution in [0.2, 0.25) is 0 Å². The Bertz CT molecular complexity index is 626. The highest BCUT2D eigenvalue weighted by Crippen LogP contribution is 2.38. The van der Waals surface area contributed by atoms with Gasteiger partial charge >= 0.3 is 0 Å². The molecule has 20 heavy (non-hydrogen) atoms. The second-order valence-corrected chi connectivity index (χ2v) is 8.42. The zero-order chi connectivity index (χ0) is 14.1. The Labute approximate surface area is 138 Å². The fourth-order valence-corrected chi connectivity index (χ4v) is 4.87. The van der Waals surface area contributed by atoms with Gasteiger partial charge in [0.25, 0.3) is 0 Å². The monoisotopic (exact) mass is 417 g/mol. The van der Waals surface area contributed by atoms with E-state index in [1.54, 1.807) is 6.07 Å².